The number of rotatable bonds is 2. The molecule has 10 nitrogen and oxygen atoms in total. The Morgan fingerprint density at radius 1 is 1.21 bits per heavy atom. The Labute approximate surface area is 190 Å². The van der Waals surface area contributed by atoms with Crippen molar-refractivity contribution in [3.63, 3.8) is 0 Å². The van der Waals surface area contributed by atoms with Crippen LogP contribution in [0.15, 0.2) is 24.4 Å². The van der Waals surface area contributed by atoms with E-state index in [-0.39, 0.29) is 29.5 Å². The summed E-state index contributed by atoms with van der Waals surface area (Å²) in [4.78, 5) is 46.0. The fourth-order valence-electron chi connectivity index (χ4n) is 4.45. The van der Waals surface area contributed by atoms with E-state index in [0.29, 0.717) is 54.0 Å². The Morgan fingerprint density at radius 3 is 2.61 bits per heavy atom. The number of imidazole rings is 1. The van der Waals surface area contributed by atoms with Gasteiger partial charge in [-0.15, -0.1) is 0 Å². The molecular weight excluding hydrogens is 424 g/mol. The number of Topliss-reactive ketones (excluding diaryl/α,β-unsaturated/α-hetero) is 1. The molecule has 2 amide bonds. The van der Waals surface area contributed by atoms with Crippen LogP contribution in [-0.4, -0.2) is 60.9 Å². The van der Waals surface area contributed by atoms with Gasteiger partial charge in [0, 0.05) is 31.5 Å². The molecule has 1 aromatic carbocycles. The molecule has 0 saturated carbocycles. The maximum absolute atomic E-state index is 13.1. The molecule has 2 aromatic heterocycles. The van der Waals surface area contributed by atoms with Crippen LogP contribution in [0.1, 0.15) is 71.5 Å². The lowest BCUT2D eigenvalue weighted by Crippen LogP contribution is -2.52. The average Bonchev–Trinajstić information content (AvgIpc) is 3.37. The molecule has 33 heavy (non-hydrogen) atoms. The third-order valence-electron chi connectivity index (χ3n) is 6.37. The number of aromatic amines is 1. The third-order valence-corrected chi connectivity index (χ3v) is 6.37. The highest BCUT2D eigenvalue weighted by Gasteiger charge is 2.45. The summed E-state index contributed by atoms with van der Waals surface area (Å²) in [6, 6.07) is 5.05. The Kier molecular flexibility index (Phi) is 4.59. The molecule has 0 unspecified atom stereocenters. The molecule has 1 spiro atoms. The largest absolute Gasteiger partial charge is 0.483 e. The topological polar surface area (TPSA) is 136 Å². The fourth-order valence-corrected chi connectivity index (χ4v) is 4.45. The highest BCUT2D eigenvalue weighted by atomic mass is 16.5. The number of carbonyl (C=O) groups is 3. The number of primary amides is 1. The third kappa shape index (κ3) is 3.65. The first kappa shape index (κ1) is 21.2. The van der Waals surface area contributed by atoms with Gasteiger partial charge in [0.2, 0.25) is 0 Å². The zero-order chi connectivity index (χ0) is 23.5. The van der Waals surface area contributed by atoms with Crippen LogP contribution < -0.4 is 10.5 Å². The Morgan fingerprint density at radius 2 is 1.94 bits per heavy atom. The summed E-state index contributed by atoms with van der Waals surface area (Å²) in [5.74, 6) is -0.211. The van der Waals surface area contributed by atoms with Gasteiger partial charge in [0.1, 0.15) is 5.60 Å². The maximum atomic E-state index is 13.1. The molecule has 1 fully saturated rings. The van der Waals surface area contributed by atoms with Gasteiger partial charge in [0.25, 0.3) is 11.8 Å². The minimum atomic E-state index is -0.654. The van der Waals surface area contributed by atoms with Gasteiger partial charge in [-0.25, -0.2) is 4.98 Å². The summed E-state index contributed by atoms with van der Waals surface area (Å²) >= 11 is 0. The van der Waals surface area contributed by atoms with Gasteiger partial charge in [-0.1, -0.05) is 0 Å². The van der Waals surface area contributed by atoms with Crippen molar-refractivity contribution < 1.29 is 19.1 Å². The van der Waals surface area contributed by atoms with Crippen molar-refractivity contribution in [2.45, 2.75) is 51.2 Å². The number of amides is 2. The molecule has 0 bridgehead atoms. The zero-order valence-electron chi connectivity index (χ0n) is 18.8. The second-order valence-corrected chi connectivity index (χ2v) is 9.82. The van der Waals surface area contributed by atoms with Crippen LogP contribution in [0.5, 0.6) is 5.75 Å². The van der Waals surface area contributed by atoms with Crippen molar-refractivity contribution in [2.24, 2.45) is 5.73 Å². The van der Waals surface area contributed by atoms with E-state index >= 15 is 0 Å². The minimum Gasteiger partial charge on any atom is -0.483 e. The van der Waals surface area contributed by atoms with E-state index < -0.39 is 11.5 Å². The van der Waals surface area contributed by atoms with Crippen LogP contribution in [0.3, 0.4) is 0 Å². The molecule has 0 atom stereocenters. The molecule has 5 rings (SSSR count). The molecule has 4 heterocycles. The molecule has 2 aliphatic rings. The van der Waals surface area contributed by atoms with E-state index in [4.69, 9.17) is 10.5 Å². The highest BCUT2D eigenvalue weighted by Crippen LogP contribution is 2.39. The summed E-state index contributed by atoms with van der Waals surface area (Å²) in [6.07, 6.45) is 3.18. The van der Waals surface area contributed by atoms with Gasteiger partial charge in [-0.05, 0) is 39.0 Å². The average molecular weight is 450 g/mol. The molecule has 1 saturated heterocycles. The van der Waals surface area contributed by atoms with Crippen LogP contribution in [0.25, 0.3) is 11.0 Å². The smallest absolute Gasteiger partial charge is 0.284 e. The first-order valence-corrected chi connectivity index (χ1v) is 11.0. The van der Waals surface area contributed by atoms with Crippen molar-refractivity contribution in [1.29, 1.82) is 0 Å². The van der Waals surface area contributed by atoms with E-state index in [1.54, 1.807) is 34.0 Å². The number of nitrogens with one attached hydrogen (secondary N) is 1. The first-order chi connectivity index (χ1) is 15.5. The summed E-state index contributed by atoms with van der Waals surface area (Å²) in [5, 5.41) is 4.44. The molecule has 0 radical (unpaired) electrons. The minimum absolute atomic E-state index is 0.0195. The number of hydrogen-bond acceptors (Lipinski definition) is 6. The molecule has 2 aliphatic heterocycles. The van der Waals surface area contributed by atoms with Crippen LogP contribution in [0.2, 0.25) is 0 Å². The van der Waals surface area contributed by atoms with Crippen LogP contribution in [0, 0.1) is 0 Å². The zero-order valence-corrected chi connectivity index (χ0v) is 18.8. The van der Waals surface area contributed by atoms with Crippen molar-refractivity contribution in [1.82, 2.24) is 24.6 Å². The quantitative estimate of drug-likeness (QED) is 0.615. The van der Waals surface area contributed by atoms with E-state index in [1.807, 2.05) is 20.8 Å². The summed E-state index contributed by atoms with van der Waals surface area (Å²) < 4.78 is 8.09. The second-order valence-electron chi connectivity index (χ2n) is 9.82. The van der Waals surface area contributed by atoms with E-state index in [2.05, 4.69) is 15.1 Å². The number of likely N-dealkylation sites (tertiary alicyclic amines) is 1. The number of carbonyl (C=O) groups excluding carboxylic acids is 3. The van der Waals surface area contributed by atoms with E-state index in [9.17, 15) is 14.4 Å². The van der Waals surface area contributed by atoms with E-state index in [1.165, 1.54) is 0 Å². The van der Waals surface area contributed by atoms with Gasteiger partial charge in [0.15, 0.2) is 23.1 Å². The standard InChI is InChI=1S/C23H26N6O4/c1-22(2,3)29-12-17-18(27-29)16(30)11-23(33-17)6-8-28(9-7-23)21(32)13-4-5-14-15(10-13)26-20(25-14)19(24)31/h4-5,10,12H,6-9,11H2,1-3H3,(H2,24,31)(H,25,26). The number of benzene rings is 1. The van der Waals surface area contributed by atoms with Gasteiger partial charge >= 0.3 is 0 Å². The van der Waals surface area contributed by atoms with Gasteiger partial charge in [-0.3, -0.25) is 19.1 Å². The molecular formula is C23H26N6O4. The highest BCUT2D eigenvalue weighted by molar-refractivity contribution is 6.00. The van der Waals surface area contributed by atoms with Gasteiger partial charge in [-0.2, -0.15) is 5.10 Å². The molecule has 3 aromatic rings. The normalized spacial score (nSPS) is 17.8. The monoisotopic (exact) mass is 450 g/mol. The summed E-state index contributed by atoms with van der Waals surface area (Å²) in [6.45, 7) is 7.01. The van der Waals surface area contributed by atoms with Gasteiger partial charge in [0.05, 0.1) is 29.2 Å². The number of ether oxygens (including phenoxy) is 1. The van der Waals surface area contributed by atoms with Crippen LogP contribution >= 0.6 is 0 Å². The predicted octanol–water partition coefficient (Wildman–Crippen LogP) is 2.25. The Balaban J connectivity index is 1.31. The molecule has 10 heteroatoms. The number of H-pyrrole nitrogens is 1. The first-order valence-electron chi connectivity index (χ1n) is 11.0. The van der Waals surface area contributed by atoms with Crippen LogP contribution in [0.4, 0.5) is 0 Å². The van der Waals surface area contributed by atoms with Crippen molar-refractivity contribution in [2.75, 3.05) is 13.1 Å². The number of hydrogen-bond donors (Lipinski definition) is 2. The number of aromatic nitrogens is 4. The van der Waals surface area contributed by atoms with Gasteiger partial charge < -0.3 is 20.4 Å². The number of nitrogens with two attached hydrogens (primary N) is 1. The lowest BCUT2D eigenvalue weighted by atomic mass is 9.83. The van der Waals surface area contributed by atoms with Crippen LogP contribution in [-0.2, 0) is 5.54 Å². The second kappa shape index (κ2) is 7.16. The Hall–Kier alpha value is -3.69. The lowest BCUT2D eigenvalue weighted by molar-refractivity contribution is -0.00586. The maximum Gasteiger partial charge on any atom is 0.284 e. The van der Waals surface area contributed by atoms with Crippen molar-refractivity contribution in [3.05, 3.63) is 41.5 Å². The SMILES string of the molecule is CC(C)(C)n1cc2c(n1)C(=O)CC1(CCN(C(=O)c3ccc4nc(C(N)=O)[nH]c4c3)CC1)O2. The molecule has 172 valence electrons. The van der Waals surface area contributed by atoms with E-state index in [0.717, 1.165) is 0 Å². The number of nitrogens with zero attached hydrogens (tertiary/aromatic N) is 4. The predicted molar refractivity (Wildman–Crippen MR) is 119 cm³/mol. The van der Waals surface area contributed by atoms with Crippen molar-refractivity contribution in [3.8, 4) is 5.75 Å². The number of fused-ring (bicyclic) bond motifs is 2. The molecule has 0 aliphatic carbocycles. The fraction of sp³-hybridized carbons (Fsp3) is 0.435. The number of piperidine rings is 1. The van der Waals surface area contributed by atoms with Crippen molar-refractivity contribution >= 4 is 28.6 Å². The lowest BCUT2D eigenvalue weighted by Gasteiger charge is -2.43. The Bertz CT molecular complexity index is 1290. The summed E-state index contributed by atoms with van der Waals surface area (Å²) in [7, 11) is 0. The summed E-state index contributed by atoms with van der Waals surface area (Å²) in [5.41, 5.74) is 6.43. The number of ketones is 1. The molecule has 3 N–H and O–H groups in total.